The van der Waals surface area contributed by atoms with E-state index in [1.807, 2.05) is 25.7 Å². The Bertz CT molecular complexity index is 253. The van der Waals surface area contributed by atoms with Crippen LogP contribution in [0.5, 0.6) is 0 Å². The average Bonchev–Trinajstić information content (AvgIpc) is 2.24. The largest absolute Gasteiger partial charge is 0.372 e. The van der Waals surface area contributed by atoms with Crippen molar-refractivity contribution in [1.29, 1.82) is 0 Å². The number of hydrogen-bond donors (Lipinski definition) is 1. The van der Waals surface area contributed by atoms with E-state index in [9.17, 15) is 4.79 Å². The van der Waals surface area contributed by atoms with Crippen molar-refractivity contribution < 1.29 is 9.53 Å². The lowest BCUT2D eigenvalue weighted by Gasteiger charge is -2.39. The number of amides is 1. The third-order valence-electron chi connectivity index (χ3n) is 3.28. The maximum Gasteiger partial charge on any atom is 0.239 e. The molecule has 1 amide bonds. The fraction of sp³-hybridized carbons (Fsp3) is 0.917. The minimum Gasteiger partial charge on any atom is -0.372 e. The van der Waals surface area contributed by atoms with Crippen molar-refractivity contribution in [1.82, 2.24) is 4.90 Å². The molecule has 0 radical (unpaired) electrons. The molecule has 1 saturated heterocycles. The van der Waals surface area contributed by atoms with Crippen LogP contribution in [0.4, 0.5) is 0 Å². The van der Waals surface area contributed by atoms with Crippen LogP contribution in [0.15, 0.2) is 0 Å². The zero-order chi connectivity index (χ0) is 12.3. The molecule has 0 aliphatic carbocycles. The Kier molecular flexibility index (Phi) is 4.33. The summed E-state index contributed by atoms with van der Waals surface area (Å²) in [5, 5.41) is 0. The van der Waals surface area contributed by atoms with Crippen LogP contribution in [0.3, 0.4) is 0 Å². The molecule has 16 heavy (non-hydrogen) atoms. The number of nitrogens with two attached hydrogens (primary N) is 1. The second-order valence-electron chi connectivity index (χ2n) is 5.28. The van der Waals surface area contributed by atoms with Crippen LogP contribution < -0.4 is 5.73 Å². The van der Waals surface area contributed by atoms with E-state index in [4.69, 9.17) is 10.5 Å². The molecule has 1 heterocycles. The molecule has 0 aromatic carbocycles. The van der Waals surface area contributed by atoms with E-state index >= 15 is 0 Å². The summed E-state index contributed by atoms with van der Waals surface area (Å²) in [7, 11) is 0. The highest BCUT2D eigenvalue weighted by Crippen LogP contribution is 2.18. The van der Waals surface area contributed by atoms with Crippen LogP contribution in [-0.4, -0.2) is 42.1 Å². The van der Waals surface area contributed by atoms with Gasteiger partial charge in [0.05, 0.1) is 18.2 Å². The lowest BCUT2D eigenvalue weighted by Crippen LogP contribution is -2.55. The summed E-state index contributed by atoms with van der Waals surface area (Å²) in [5.74, 6) is 0.296. The molecular formula is C12H24N2O2. The van der Waals surface area contributed by atoms with E-state index in [1.165, 1.54) is 0 Å². The van der Waals surface area contributed by atoms with Gasteiger partial charge in [0.25, 0.3) is 0 Å². The lowest BCUT2D eigenvalue weighted by atomic mass is 9.97. The average molecular weight is 228 g/mol. The molecule has 0 bridgehead atoms. The zero-order valence-electron chi connectivity index (χ0n) is 10.8. The Morgan fingerprint density at radius 2 is 2.19 bits per heavy atom. The van der Waals surface area contributed by atoms with Gasteiger partial charge >= 0.3 is 0 Å². The quantitative estimate of drug-likeness (QED) is 0.784. The van der Waals surface area contributed by atoms with Crippen molar-refractivity contribution in [3.8, 4) is 0 Å². The van der Waals surface area contributed by atoms with Gasteiger partial charge in [-0.3, -0.25) is 4.79 Å². The molecule has 0 aromatic rings. The van der Waals surface area contributed by atoms with Crippen molar-refractivity contribution in [2.24, 2.45) is 11.7 Å². The standard InChI is InChI=1S/C12H24N2O2/c1-5-9(2)10(13)11(15)14-6-7-16-12(3,4)8-14/h9-10H,5-8,13H2,1-4H3/t9-,10-/m0/s1. The first-order valence-corrected chi connectivity index (χ1v) is 6.05. The third-order valence-corrected chi connectivity index (χ3v) is 3.28. The van der Waals surface area contributed by atoms with Gasteiger partial charge in [0.1, 0.15) is 0 Å². The van der Waals surface area contributed by atoms with Crippen LogP contribution in [0, 0.1) is 5.92 Å². The van der Waals surface area contributed by atoms with Crippen LogP contribution in [0.2, 0.25) is 0 Å². The summed E-state index contributed by atoms with van der Waals surface area (Å²) in [6, 6.07) is -0.376. The molecule has 0 unspecified atom stereocenters. The van der Waals surface area contributed by atoms with E-state index in [2.05, 4.69) is 6.92 Å². The van der Waals surface area contributed by atoms with Crippen LogP contribution in [-0.2, 0) is 9.53 Å². The van der Waals surface area contributed by atoms with E-state index < -0.39 is 0 Å². The van der Waals surface area contributed by atoms with E-state index in [-0.39, 0.29) is 23.5 Å². The molecule has 0 aromatic heterocycles. The first-order chi connectivity index (χ1) is 7.37. The van der Waals surface area contributed by atoms with Crippen LogP contribution in [0.25, 0.3) is 0 Å². The van der Waals surface area contributed by atoms with Crippen LogP contribution in [0.1, 0.15) is 34.1 Å². The Labute approximate surface area is 98.1 Å². The number of nitrogens with zero attached hydrogens (tertiary/aromatic N) is 1. The van der Waals surface area contributed by atoms with Gasteiger partial charge in [-0.05, 0) is 19.8 Å². The Balaban J connectivity index is 2.60. The first-order valence-electron chi connectivity index (χ1n) is 6.05. The molecule has 4 heteroatoms. The highest BCUT2D eigenvalue weighted by Gasteiger charge is 2.33. The topological polar surface area (TPSA) is 55.6 Å². The summed E-state index contributed by atoms with van der Waals surface area (Å²) < 4.78 is 5.58. The Morgan fingerprint density at radius 1 is 1.56 bits per heavy atom. The molecule has 2 N–H and O–H groups in total. The predicted molar refractivity (Wildman–Crippen MR) is 64.0 cm³/mol. The molecule has 0 saturated carbocycles. The van der Waals surface area contributed by atoms with E-state index in [0.29, 0.717) is 19.7 Å². The minimum atomic E-state index is -0.376. The highest BCUT2D eigenvalue weighted by atomic mass is 16.5. The van der Waals surface area contributed by atoms with Crippen molar-refractivity contribution in [3.05, 3.63) is 0 Å². The molecule has 4 nitrogen and oxygen atoms in total. The van der Waals surface area contributed by atoms with Gasteiger partial charge in [0.2, 0.25) is 5.91 Å². The second kappa shape index (κ2) is 5.15. The normalized spacial score (nSPS) is 23.9. The van der Waals surface area contributed by atoms with Gasteiger partial charge in [0, 0.05) is 13.1 Å². The molecule has 1 fully saturated rings. The van der Waals surface area contributed by atoms with Crippen molar-refractivity contribution in [2.45, 2.75) is 45.8 Å². The van der Waals surface area contributed by atoms with E-state index in [0.717, 1.165) is 6.42 Å². The highest BCUT2D eigenvalue weighted by molar-refractivity contribution is 5.82. The monoisotopic (exact) mass is 228 g/mol. The van der Waals surface area contributed by atoms with Crippen molar-refractivity contribution in [2.75, 3.05) is 19.7 Å². The molecule has 1 rings (SSSR count). The second-order valence-corrected chi connectivity index (χ2v) is 5.28. The Morgan fingerprint density at radius 3 is 2.69 bits per heavy atom. The molecule has 1 aliphatic heterocycles. The van der Waals surface area contributed by atoms with Crippen molar-refractivity contribution >= 4 is 5.91 Å². The summed E-state index contributed by atoms with van der Waals surface area (Å²) >= 11 is 0. The number of carbonyl (C=O) groups is 1. The molecule has 1 aliphatic rings. The maximum atomic E-state index is 12.1. The van der Waals surface area contributed by atoms with Gasteiger partial charge in [-0.15, -0.1) is 0 Å². The molecule has 94 valence electrons. The number of hydrogen-bond acceptors (Lipinski definition) is 3. The first kappa shape index (κ1) is 13.5. The predicted octanol–water partition coefficient (Wildman–Crippen LogP) is 0.997. The molecule has 2 atom stereocenters. The zero-order valence-corrected chi connectivity index (χ0v) is 10.8. The van der Waals surface area contributed by atoms with Gasteiger partial charge in [-0.25, -0.2) is 0 Å². The summed E-state index contributed by atoms with van der Waals surface area (Å²) in [6.45, 7) is 9.98. The van der Waals surface area contributed by atoms with Gasteiger partial charge < -0.3 is 15.4 Å². The number of rotatable bonds is 3. The third kappa shape index (κ3) is 3.19. The number of ether oxygens (including phenoxy) is 1. The summed E-state index contributed by atoms with van der Waals surface area (Å²) in [4.78, 5) is 14.0. The Hall–Kier alpha value is -0.610. The van der Waals surface area contributed by atoms with E-state index in [1.54, 1.807) is 0 Å². The fourth-order valence-electron chi connectivity index (χ4n) is 1.91. The summed E-state index contributed by atoms with van der Waals surface area (Å²) in [6.07, 6.45) is 0.931. The molecule has 0 spiro atoms. The minimum absolute atomic E-state index is 0.0609. The SMILES string of the molecule is CC[C@H](C)[C@H](N)C(=O)N1CCOC(C)(C)C1. The van der Waals surface area contributed by atoms with Crippen LogP contribution >= 0.6 is 0 Å². The number of morpholine rings is 1. The van der Waals surface area contributed by atoms with Gasteiger partial charge in [-0.2, -0.15) is 0 Å². The lowest BCUT2D eigenvalue weighted by molar-refractivity contribution is -0.148. The maximum absolute atomic E-state index is 12.1. The van der Waals surface area contributed by atoms with Gasteiger partial charge in [-0.1, -0.05) is 20.3 Å². The van der Waals surface area contributed by atoms with Gasteiger partial charge in [0.15, 0.2) is 0 Å². The number of carbonyl (C=O) groups excluding carboxylic acids is 1. The summed E-state index contributed by atoms with van der Waals surface area (Å²) in [5.41, 5.74) is 5.71. The fourth-order valence-corrected chi connectivity index (χ4v) is 1.91. The molecular weight excluding hydrogens is 204 g/mol. The van der Waals surface area contributed by atoms with Crippen molar-refractivity contribution in [3.63, 3.8) is 0 Å². The smallest absolute Gasteiger partial charge is 0.239 e.